The lowest BCUT2D eigenvalue weighted by Gasteiger charge is -2.14. The van der Waals surface area contributed by atoms with Crippen molar-refractivity contribution in [2.75, 3.05) is 0 Å². The molecule has 0 atom stereocenters. The number of carbonyl (C=O) groups excluding carboxylic acids is 1. The predicted octanol–water partition coefficient (Wildman–Crippen LogP) is 4.65. The minimum Gasteiger partial charge on any atom is -0.512 e. The molecule has 0 aliphatic carbocycles. The average molecular weight is 334 g/mol. The van der Waals surface area contributed by atoms with Gasteiger partial charge in [0.15, 0.2) is 5.78 Å². The Labute approximate surface area is 145 Å². The van der Waals surface area contributed by atoms with E-state index in [4.69, 9.17) is 4.42 Å². The Morgan fingerprint density at radius 2 is 1.72 bits per heavy atom. The van der Waals surface area contributed by atoms with E-state index in [1.807, 2.05) is 49.4 Å². The maximum absolute atomic E-state index is 12.7. The van der Waals surface area contributed by atoms with Crippen LogP contribution < -0.4 is 5.63 Å². The molecule has 0 saturated carbocycles. The third kappa shape index (κ3) is 2.98. The first-order chi connectivity index (χ1) is 11.9. The zero-order chi connectivity index (χ0) is 18.1. The molecule has 0 bridgehead atoms. The van der Waals surface area contributed by atoms with Crippen molar-refractivity contribution in [1.82, 2.24) is 0 Å². The molecule has 3 rings (SSSR count). The maximum atomic E-state index is 12.7. The van der Waals surface area contributed by atoms with Crippen LogP contribution in [0, 0.1) is 6.92 Å². The SMILES string of the molecule is CC(=O)/C(=C(/C)O)c1c(-c2ccccc2)c2ccc(C)cc2oc1=O. The normalized spacial score (nSPS) is 12.1. The highest BCUT2D eigenvalue weighted by atomic mass is 16.4. The van der Waals surface area contributed by atoms with Crippen LogP contribution in [0.25, 0.3) is 27.7 Å². The van der Waals surface area contributed by atoms with Crippen molar-refractivity contribution in [3.05, 3.63) is 75.8 Å². The molecule has 0 aliphatic heterocycles. The number of rotatable bonds is 3. The van der Waals surface area contributed by atoms with E-state index in [1.165, 1.54) is 13.8 Å². The number of carbonyl (C=O) groups is 1. The van der Waals surface area contributed by atoms with Crippen LogP contribution >= 0.6 is 0 Å². The molecular formula is C21H18O4. The van der Waals surface area contributed by atoms with Crippen LogP contribution in [-0.2, 0) is 4.79 Å². The van der Waals surface area contributed by atoms with E-state index in [0.717, 1.165) is 11.1 Å². The molecule has 1 heterocycles. The zero-order valence-electron chi connectivity index (χ0n) is 14.3. The van der Waals surface area contributed by atoms with Crippen LogP contribution in [-0.4, -0.2) is 10.9 Å². The van der Waals surface area contributed by atoms with Gasteiger partial charge in [-0.2, -0.15) is 0 Å². The number of fused-ring (bicyclic) bond motifs is 1. The lowest BCUT2D eigenvalue weighted by atomic mass is 9.90. The molecule has 0 amide bonds. The molecule has 0 fully saturated rings. The van der Waals surface area contributed by atoms with E-state index in [0.29, 0.717) is 16.5 Å². The summed E-state index contributed by atoms with van der Waals surface area (Å²) < 4.78 is 5.46. The highest BCUT2D eigenvalue weighted by molar-refractivity contribution is 6.22. The van der Waals surface area contributed by atoms with Crippen molar-refractivity contribution >= 4 is 22.3 Å². The molecule has 0 unspecified atom stereocenters. The number of aliphatic hydroxyl groups is 1. The average Bonchev–Trinajstić information content (AvgIpc) is 2.55. The summed E-state index contributed by atoms with van der Waals surface area (Å²) in [6.07, 6.45) is 0. The highest BCUT2D eigenvalue weighted by Gasteiger charge is 2.24. The van der Waals surface area contributed by atoms with Crippen molar-refractivity contribution in [2.24, 2.45) is 0 Å². The summed E-state index contributed by atoms with van der Waals surface area (Å²) in [7, 11) is 0. The second-order valence-corrected chi connectivity index (χ2v) is 6.02. The fraction of sp³-hybridized carbons (Fsp3) is 0.143. The van der Waals surface area contributed by atoms with Gasteiger partial charge in [-0.25, -0.2) is 4.79 Å². The third-order valence-electron chi connectivity index (χ3n) is 4.09. The van der Waals surface area contributed by atoms with E-state index >= 15 is 0 Å². The standard InChI is InChI=1S/C21H18O4/c1-12-9-10-16-17(11-12)25-21(24)20(18(13(2)22)14(3)23)19(16)15-7-5-4-6-8-15/h4-11,22H,1-3H3/b18-13+. The molecule has 0 aliphatic rings. The molecular weight excluding hydrogens is 316 g/mol. The molecule has 1 aromatic heterocycles. The Hall–Kier alpha value is -3.14. The summed E-state index contributed by atoms with van der Waals surface area (Å²) >= 11 is 0. The second-order valence-electron chi connectivity index (χ2n) is 6.02. The fourth-order valence-electron chi connectivity index (χ4n) is 3.05. The monoisotopic (exact) mass is 334 g/mol. The summed E-state index contributed by atoms with van der Waals surface area (Å²) in [5, 5.41) is 10.7. The van der Waals surface area contributed by atoms with Crippen molar-refractivity contribution in [3.63, 3.8) is 0 Å². The lowest BCUT2D eigenvalue weighted by molar-refractivity contribution is -0.111. The first-order valence-corrected chi connectivity index (χ1v) is 7.94. The summed E-state index contributed by atoms with van der Waals surface area (Å²) in [5.41, 5.74) is 2.21. The summed E-state index contributed by atoms with van der Waals surface area (Å²) in [6.45, 7) is 4.63. The fourth-order valence-corrected chi connectivity index (χ4v) is 3.05. The lowest BCUT2D eigenvalue weighted by Crippen LogP contribution is -2.14. The van der Waals surface area contributed by atoms with E-state index < -0.39 is 11.4 Å². The molecule has 3 aromatic rings. The van der Waals surface area contributed by atoms with Gasteiger partial charge in [0.05, 0.1) is 11.1 Å². The predicted molar refractivity (Wildman–Crippen MR) is 98.6 cm³/mol. The topological polar surface area (TPSA) is 67.5 Å². The first kappa shape index (κ1) is 16.7. The maximum Gasteiger partial charge on any atom is 0.345 e. The Morgan fingerprint density at radius 3 is 2.32 bits per heavy atom. The molecule has 0 spiro atoms. The van der Waals surface area contributed by atoms with Crippen LogP contribution in [0.1, 0.15) is 25.0 Å². The minimum atomic E-state index is -0.643. The molecule has 25 heavy (non-hydrogen) atoms. The minimum absolute atomic E-state index is 0.0184. The first-order valence-electron chi connectivity index (χ1n) is 7.94. The van der Waals surface area contributed by atoms with Gasteiger partial charge in [0.2, 0.25) is 0 Å². The van der Waals surface area contributed by atoms with Crippen LogP contribution in [0.15, 0.2) is 63.5 Å². The number of hydrogen-bond donors (Lipinski definition) is 1. The van der Waals surface area contributed by atoms with E-state index in [2.05, 4.69) is 0 Å². The number of benzene rings is 2. The van der Waals surface area contributed by atoms with E-state index in [-0.39, 0.29) is 16.9 Å². The number of hydrogen-bond acceptors (Lipinski definition) is 4. The number of ketones is 1. The van der Waals surface area contributed by atoms with Gasteiger partial charge in [-0.15, -0.1) is 0 Å². The molecule has 1 N–H and O–H groups in total. The van der Waals surface area contributed by atoms with Gasteiger partial charge < -0.3 is 9.52 Å². The van der Waals surface area contributed by atoms with Crippen LogP contribution in [0.5, 0.6) is 0 Å². The number of Topliss-reactive ketones (excluding diaryl/α,β-unsaturated/α-hetero) is 1. The Balaban J connectivity index is 2.55. The largest absolute Gasteiger partial charge is 0.512 e. The van der Waals surface area contributed by atoms with Gasteiger partial charge in [0, 0.05) is 10.9 Å². The van der Waals surface area contributed by atoms with Crippen LogP contribution in [0.4, 0.5) is 0 Å². The van der Waals surface area contributed by atoms with Gasteiger partial charge >= 0.3 is 5.63 Å². The summed E-state index contributed by atoms with van der Waals surface area (Å²) in [6, 6.07) is 14.9. The Morgan fingerprint density at radius 1 is 1.04 bits per heavy atom. The van der Waals surface area contributed by atoms with Crippen LogP contribution in [0.2, 0.25) is 0 Å². The molecule has 0 radical (unpaired) electrons. The van der Waals surface area contributed by atoms with Gasteiger partial charge in [-0.3, -0.25) is 4.79 Å². The van der Waals surface area contributed by atoms with E-state index in [1.54, 1.807) is 6.07 Å². The zero-order valence-corrected chi connectivity index (χ0v) is 14.3. The Kier molecular flexibility index (Phi) is 4.28. The van der Waals surface area contributed by atoms with Crippen molar-refractivity contribution < 1.29 is 14.3 Å². The molecule has 2 aromatic carbocycles. The molecule has 4 nitrogen and oxygen atoms in total. The number of allylic oxidation sites excluding steroid dienone is 2. The Bertz CT molecular complexity index is 1050. The molecule has 4 heteroatoms. The van der Waals surface area contributed by atoms with E-state index in [9.17, 15) is 14.7 Å². The van der Waals surface area contributed by atoms with Crippen LogP contribution in [0.3, 0.4) is 0 Å². The second kappa shape index (κ2) is 6.40. The molecule has 126 valence electrons. The van der Waals surface area contributed by atoms with Gasteiger partial charge in [0.1, 0.15) is 11.3 Å². The smallest absolute Gasteiger partial charge is 0.345 e. The van der Waals surface area contributed by atoms with Crippen molar-refractivity contribution in [2.45, 2.75) is 20.8 Å². The number of aryl methyl sites for hydroxylation is 1. The molecule has 0 saturated heterocycles. The number of aliphatic hydroxyl groups excluding tert-OH is 1. The van der Waals surface area contributed by atoms with Gasteiger partial charge in [-0.05, 0) is 38.0 Å². The van der Waals surface area contributed by atoms with Crippen molar-refractivity contribution in [3.8, 4) is 11.1 Å². The third-order valence-corrected chi connectivity index (χ3v) is 4.09. The quantitative estimate of drug-likeness (QED) is 0.430. The van der Waals surface area contributed by atoms with Crippen molar-refractivity contribution in [1.29, 1.82) is 0 Å². The van der Waals surface area contributed by atoms with Gasteiger partial charge in [-0.1, -0.05) is 42.5 Å². The van der Waals surface area contributed by atoms with Gasteiger partial charge in [0.25, 0.3) is 0 Å². The highest BCUT2D eigenvalue weighted by Crippen LogP contribution is 2.35. The summed E-state index contributed by atoms with van der Waals surface area (Å²) in [5.74, 6) is -0.598. The summed E-state index contributed by atoms with van der Waals surface area (Å²) in [4.78, 5) is 24.8.